The molecule has 5 heteroatoms. The Hall–Kier alpha value is -0.420. The van der Waals surface area contributed by atoms with E-state index in [0.717, 1.165) is 12.3 Å². The van der Waals surface area contributed by atoms with Gasteiger partial charge in [0, 0.05) is 11.6 Å². The van der Waals surface area contributed by atoms with E-state index >= 15 is 0 Å². The minimum atomic E-state index is -3.34. The van der Waals surface area contributed by atoms with E-state index < -0.39 is 15.7 Å². The van der Waals surface area contributed by atoms with Gasteiger partial charge in [0.25, 0.3) is 0 Å². The maximum Gasteiger partial charge on any atom is 0.175 e. The summed E-state index contributed by atoms with van der Waals surface area (Å²) < 4.78 is 35.1. The Labute approximate surface area is 84.8 Å². The fourth-order valence-corrected chi connectivity index (χ4v) is 2.60. The van der Waals surface area contributed by atoms with E-state index in [2.05, 4.69) is 15.9 Å². The minimum Gasteiger partial charge on any atom is -0.224 e. The second kappa shape index (κ2) is 3.75. The first-order valence-corrected chi connectivity index (χ1v) is 6.51. The monoisotopic (exact) mass is 266 g/mol. The van der Waals surface area contributed by atoms with E-state index in [1.54, 1.807) is 0 Å². The molecule has 0 atom stereocenters. The molecule has 0 aliphatic carbocycles. The van der Waals surface area contributed by atoms with Gasteiger partial charge in [-0.05, 0) is 17.7 Å². The van der Waals surface area contributed by atoms with Crippen LogP contribution in [0.5, 0.6) is 0 Å². The lowest BCUT2D eigenvalue weighted by Gasteiger charge is -2.04. The second-order valence-electron chi connectivity index (χ2n) is 2.66. The highest BCUT2D eigenvalue weighted by molar-refractivity contribution is 9.08. The van der Waals surface area contributed by atoms with Gasteiger partial charge in [0.05, 0.1) is 4.90 Å². The van der Waals surface area contributed by atoms with Crippen LogP contribution in [-0.2, 0) is 15.2 Å². The highest BCUT2D eigenvalue weighted by Crippen LogP contribution is 2.19. The van der Waals surface area contributed by atoms with Crippen LogP contribution in [-0.4, -0.2) is 14.7 Å². The number of sulfone groups is 1. The van der Waals surface area contributed by atoms with Crippen LogP contribution >= 0.6 is 15.9 Å². The molecule has 0 aliphatic heterocycles. The zero-order valence-electron chi connectivity index (χ0n) is 6.92. The van der Waals surface area contributed by atoms with Crippen molar-refractivity contribution in [3.8, 4) is 0 Å². The van der Waals surface area contributed by atoms with Crippen LogP contribution in [0.15, 0.2) is 23.1 Å². The number of rotatable bonds is 2. The smallest absolute Gasteiger partial charge is 0.175 e. The van der Waals surface area contributed by atoms with Crippen LogP contribution in [0, 0.1) is 5.82 Å². The Kier molecular flexibility index (Phi) is 3.08. The predicted molar refractivity (Wildman–Crippen MR) is 52.1 cm³/mol. The van der Waals surface area contributed by atoms with Gasteiger partial charge < -0.3 is 0 Å². The van der Waals surface area contributed by atoms with Gasteiger partial charge in [-0.2, -0.15) is 0 Å². The third kappa shape index (κ3) is 2.51. The predicted octanol–water partition coefficient (Wildman–Crippen LogP) is 2.12. The van der Waals surface area contributed by atoms with Crippen molar-refractivity contribution in [2.45, 2.75) is 10.2 Å². The number of hydrogen-bond donors (Lipinski definition) is 0. The molecule has 1 rings (SSSR count). The van der Waals surface area contributed by atoms with E-state index in [4.69, 9.17) is 0 Å². The molecule has 0 spiro atoms. The molecule has 72 valence electrons. The lowest BCUT2D eigenvalue weighted by Crippen LogP contribution is -2.01. The van der Waals surface area contributed by atoms with Gasteiger partial charge in [-0.3, -0.25) is 0 Å². The van der Waals surface area contributed by atoms with Gasteiger partial charge in [-0.15, -0.1) is 0 Å². The highest BCUT2D eigenvalue weighted by Gasteiger charge is 2.13. The van der Waals surface area contributed by atoms with E-state index in [1.165, 1.54) is 12.1 Å². The largest absolute Gasteiger partial charge is 0.224 e. The Morgan fingerprint density at radius 2 is 2.08 bits per heavy atom. The maximum atomic E-state index is 12.7. The Morgan fingerprint density at radius 3 is 2.54 bits per heavy atom. The zero-order valence-corrected chi connectivity index (χ0v) is 9.32. The lowest BCUT2D eigenvalue weighted by molar-refractivity contribution is 0.594. The first kappa shape index (κ1) is 10.7. The fourth-order valence-electron chi connectivity index (χ4n) is 0.984. The third-order valence-electron chi connectivity index (χ3n) is 1.57. The molecule has 0 aromatic heterocycles. The molecule has 0 amide bonds. The molecule has 2 nitrogen and oxygen atoms in total. The molecule has 0 heterocycles. The van der Waals surface area contributed by atoms with Crippen molar-refractivity contribution in [2.24, 2.45) is 0 Å². The summed E-state index contributed by atoms with van der Waals surface area (Å²) >= 11 is 3.14. The van der Waals surface area contributed by atoms with Crippen molar-refractivity contribution in [1.29, 1.82) is 0 Å². The van der Waals surface area contributed by atoms with Crippen molar-refractivity contribution in [1.82, 2.24) is 0 Å². The lowest BCUT2D eigenvalue weighted by atomic mass is 10.2. The molecular formula is C8H8BrFO2S. The van der Waals surface area contributed by atoms with Crippen LogP contribution in [0.4, 0.5) is 4.39 Å². The molecule has 13 heavy (non-hydrogen) atoms. The molecule has 0 N–H and O–H groups in total. The molecular weight excluding hydrogens is 259 g/mol. The van der Waals surface area contributed by atoms with Gasteiger partial charge in [0.2, 0.25) is 0 Å². The average molecular weight is 267 g/mol. The number of halogens is 2. The van der Waals surface area contributed by atoms with Crippen molar-refractivity contribution in [3.05, 3.63) is 29.6 Å². The van der Waals surface area contributed by atoms with Crippen molar-refractivity contribution >= 4 is 25.8 Å². The molecule has 0 unspecified atom stereocenters. The second-order valence-corrected chi connectivity index (χ2v) is 5.20. The summed E-state index contributed by atoms with van der Waals surface area (Å²) in [6.45, 7) is 0. The molecule has 1 aromatic rings. The molecule has 0 bridgehead atoms. The van der Waals surface area contributed by atoms with Gasteiger partial charge in [-0.25, -0.2) is 12.8 Å². The first-order chi connectivity index (χ1) is 5.95. The summed E-state index contributed by atoms with van der Waals surface area (Å²) in [5.74, 6) is -0.537. The van der Waals surface area contributed by atoms with Gasteiger partial charge in [0.15, 0.2) is 9.84 Å². The van der Waals surface area contributed by atoms with Crippen molar-refractivity contribution in [2.75, 3.05) is 6.26 Å². The van der Waals surface area contributed by atoms with Crippen LogP contribution < -0.4 is 0 Å². The summed E-state index contributed by atoms with van der Waals surface area (Å²) in [4.78, 5) is 0.0457. The Bertz CT molecular complexity index is 414. The van der Waals surface area contributed by atoms with E-state index in [9.17, 15) is 12.8 Å². The van der Waals surface area contributed by atoms with Crippen LogP contribution in [0.25, 0.3) is 0 Å². The maximum absolute atomic E-state index is 12.7. The molecule has 1 aromatic carbocycles. The van der Waals surface area contributed by atoms with E-state index in [1.807, 2.05) is 0 Å². The normalized spacial score (nSPS) is 11.6. The van der Waals surface area contributed by atoms with Crippen molar-refractivity contribution < 1.29 is 12.8 Å². The minimum absolute atomic E-state index is 0.0457. The summed E-state index contributed by atoms with van der Waals surface area (Å²) in [7, 11) is -3.34. The molecule has 0 aliphatic rings. The van der Waals surface area contributed by atoms with Gasteiger partial charge in [-0.1, -0.05) is 22.0 Å². The van der Waals surface area contributed by atoms with E-state index in [-0.39, 0.29) is 4.90 Å². The summed E-state index contributed by atoms with van der Waals surface area (Å²) in [5.41, 5.74) is 0.573. The van der Waals surface area contributed by atoms with Crippen molar-refractivity contribution in [3.63, 3.8) is 0 Å². The standard InChI is InChI=1S/C8H8BrFO2S/c1-13(11,12)8-4-7(10)3-2-6(8)5-9/h2-4H,5H2,1H3. The van der Waals surface area contributed by atoms with Crippen LogP contribution in [0.1, 0.15) is 5.56 Å². The SMILES string of the molecule is CS(=O)(=O)c1cc(F)ccc1CBr. The average Bonchev–Trinajstić information content (AvgIpc) is 2.03. The van der Waals surface area contributed by atoms with Gasteiger partial charge >= 0.3 is 0 Å². The molecule has 0 fully saturated rings. The Balaban J connectivity index is 3.41. The molecule has 0 saturated carbocycles. The number of hydrogen-bond acceptors (Lipinski definition) is 2. The molecule has 0 saturated heterocycles. The summed E-state index contributed by atoms with van der Waals surface area (Å²) in [6, 6.07) is 3.73. The quantitative estimate of drug-likeness (QED) is 0.769. The van der Waals surface area contributed by atoms with E-state index in [0.29, 0.717) is 10.9 Å². The van der Waals surface area contributed by atoms with Gasteiger partial charge in [0.1, 0.15) is 5.82 Å². The fraction of sp³-hybridized carbons (Fsp3) is 0.250. The topological polar surface area (TPSA) is 34.1 Å². The summed E-state index contributed by atoms with van der Waals surface area (Å²) in [5, 5.41) is 0.398. The number of benzene rings is 1. The van der Waals surface area contributed by atoms with Crippen LogP contribution in [0.3, 0.4) is 0 Å². The van der Waals surface area contributed by atoms with Crippen LogP contribution in [0.2, 0.25) is 0 Å². The molecule has 0 radical (unpaired) electrons. The third-order valence-corrected chi connectivity index (χ3v) is 3.36. The summed E-state index contributed by atoms with van der Waals surface area (Å²) in [6.07, 6.45) is 1.06. The highest BCUT2D eigenvalue weighted by atomic mass is 79.9. The first-order valence-electron chi connectivity index (χ1n) is 3.49. The zero-order chi connectivity index (χ0) is 10.1. The number of alkyl halides is 1. The Morgan fingerprint density at radius 1 is 1.46 bits per heavy atom.